The van der Waals surface area contributed by atoms with Crippen molar-refractivity contribution >= 4 is 11.8 Å². The van der Waals surface area contributed by atoms with Gasteiger partial charge in [0, 0.05) is 13.1 Å². The van der Waals surface area contributed by atoms with Crippen molar-refractivity contribution in [3.8, 4) is 5.75 Å². The molecule has 5 heteroatoms. The van der Waals surface area contributed by atoms with E-state index < -0.39 is 6.04 Å². The van der Waals surface area contributed by atoms with Crippen molar-refractivity contribution in [3.63, 3.8) is 0 Å². The highest BCUT2D eigenvalue weighted by Crippen LogP contribution is 2.17. The second-order valence-corrected chi connectivity index (χ2v) is 8.43. The molecule has 5 nitrogen and oxygen atoms in total. The SMILES string of the molecule is Cc1ccc(CN(C(=O)COc2cc(C)cc(C)c2)[C@H](C)C(=O)NCC(C)C)cc1. The summed E-state index contributed by atoms with van der Waals surface area (Å²) < 4.78 is 5.77. The Morgan fingerprint density at radius 2 is 1.53 bits per heavy atom. The average molecular weight is 411 g/mol. The van der Waals surface area contributed by atoms with E-state index in [1.165, 1.54) is 0 Å². The van der Waals surface area contributed by atoms with Crippen molar-refractivity contribution in [3.05, 3.63) is 64.7 Å². The third kappa shape index (κ3) is 7.21. The predicted octanol–water partition coefficient (Wildman–Crippen LogP) is 4.18. The van der Waals surface area contributed by atoms with E-state index in [1.54, 1.807) is 11.8 Å². The van der Waals surface area contributed by atoms with E-state index in [0.717, 1.165) is 22.3 Å². The summed E-state index contributed by atoms with van der Waals surface area (Å²) in [6, 6.07) is 13.3. The maximum absolute atomic E-state index is 13.1. The summed E-state index contributed by atoms with van der Waals surface area (Å²) in [5.74, 6) is 0.626. The lowest BCUT2D eigenvalue weighted by Gasteiger charge is -2.29. The minimum atomic E-state index is -0.597. The Kier molecular flexibility index (Phi) is 8.46. The highest BCUT2D eigenvalue weighted by Gasteiger charge is 2.26. The first kappa shape index (κ1) is 23.5. The van der Waals surface area contributed by atoms with E-state index in [1.807, 2.05) is 71.0 Å². The minimum absolute atomic E-state index is 0.115. The molecule has 2 rings (SSSR count). The number of hydrogen-bond acceptors (Lipinski definition) is 3. The zero-order valence-electron chi connectivity index (χ0n) is 19.0. The van der Waals surface area contributed by atoms with Crippen molar-refractivity contribution in [2.45, 2.75) is 54.1 Å². The van der Waals surface area contributed by atoms with Gasteiger partial charge in [0.1, 0.15) is 11.8 Å². The number of ether oxygens (including phenoxy) is 1. The second-order valence-electron chi connectivity index (χ2n) is 8.43. The van der Waals surface area contributed by atoms with Crippen LogP contribution in [-0.4, -0.2) is 35.9 Å². The molecule has 0 saturated heterocycles. The van der Waals surface area contributed by atoms with E-state index in [4.69, 9.17) is 4.74 Å². The van der Waals surface area contributed by atoms with Gasteiger partial charge in [-0.1, -0.05) is 49.7 Å². The molecular formula is C25H34N2O3. The second kappa shape index (κ2) is 10.8. The van der Waals surface area contributed by atoms with Crippen LogP contribution < -0.4 is 10.1 Å². The topological polar surface area (TPSA) is 58.6 Å². The molecule has 162 valence electrons. The molecule has 0 unspecified atom stereocenters. The largest absolute Gasteiger partial charge is 0.484 e. The molecule has 1 atom stereocenters. The fourth-order valence-electron chi connectivity index (χ4n) is 3.17. The van der Waals surface area contributed by atoms with Gasteiger partial charge in [0.25, 0.3) is 5.91 Å². The Hall–Kier alpha value is -2.82. The highest BCUT2D eigenvalue weighted by atomic mass is 16.5. The number of amides is 2. The standard InChI is InChI=1S/C25H34N2O3/c1-17(2)14-26-25(29)21(6)27(15-22-9-7-18(3)8-10-22)24(28)16-30-23-12-19(4)11-20(5)13-23/h7-13,17,21H,14-16H2,1-6H3,(H,26,29)/t21-/m1/s1. The van der Waals surface area contributed by atoms with Gasteiger partial charge in [-0.25, -0.2) is 0 Å². The lowest BCUT2D eigenvalue weighted by atomic mass is 10.1. The molecule has 0 fully saturated rings. The number of hydrogen-bond donors (Lipinski definition) is 1. The zero-order chi connectivity index (χ0) is 22.3. The Labute approximate surface area is 180 Å². The molecule has 2 aromatic rings. The third-order valence-electron chi connectivity index (χ3n) is 4.88. The number of nitrogens with zero attached hydrogens (tertiary/aromatic N) is 1. The van der Waals surface area contributed by atoms with Crippen molar-refractivity contribution in [1.82, 2.24) is 10.2 Å². The van der Waals surface area contributed by atoms with Crippen molar-refractivity contribution in [1.29, 1.82) is 0 Å². The molecule has 0 aliphatic rings. The van der Waals surface area contributed by atoms with Gasteiger partial charge in [-0.05, 0) is 62.4 Å². The van der Waals surface area contributed by atoms with Gasteiger partial charge >= 0.3 is 0 Å². The van der Waals surface area contributed by atoms with Crippen molar-refractivity contribution in [2.24, 2.45) is 5.92 Å². The molecule has 0 bridgehead atoms. The zero-order valence-corrected chi connectivity index (χ0v) is 19.0. The molecular weight excluding hydrogens is 376 g/mol. The number of benzene rings is 2. The lowest BCUT2D eigenvalue weighted by molar-refractivity contribution is -0.142. The molecule has 0 aromatic heterocycles. The van der Waals surface area contributed by atoms with Crippen LogP contribution in [0.4, 0.5) is 0 Å². The Bertz CT molecular complexity index is 839. The molecule has 1 N–H and O–H groups in total. The van der Waals surface area contributed by atoms with Crippen molar-refractivity contribution in [2.75, 3.05) is 13.2 Å². The maximum Gasteiger partial charge on any atom is 0.261 e. The third-order valence-corrected chi connectivity index (χ3v) is 4.88. The van der Waals surface area contributed by atoms with Crippen molar-refractivity contribution < 1.29 is 14.3 Å². The number of rotatable bonds is 9. The Balaban J connectivity index is 2.14. The molecule has 0 spiro atoms. The Morgan fingerprint density at radius 1 is 0.933 bits per heavy atom. The molecule has 0 radical (unpaired) electrons. The van der Waals surface area contributed by atoms with E-state index in [9.17, 15) is 9.59 Å². The lowest BCUT2D eigenvalue weighted by Crippen LogP contribution is -2.49. The summed E-state index contributed by atoms with van der Waals surface area (Å²) >= 11 is 0. The van der Waals surface area contributed by atoms with Crippen LogP contribution in [0.3, 0.4) is 0 Å². The summed E-state index contributed by atoms with van der Waals surface area (Å²) in [5.41, 5.74) is 4.28. The number of carbonyl (C=O) groups is 2. The van der Waals surface area contributed by atoms with Gasteiger partial charge in [-0.15, -0.1) is 0 Å². The minimum Gasteiger partial charge on any atom is -0.484 e. The maximum atomic E-state index is 13.1. The smallest absolute Gasteiger partial charge is 0.261 e. The summed E-state index contributed by atoms with van der Waals surface area (Å²) in [5, 5.41) is 2.93. The molecule has 30 heavy (non-hydrogen) atoms. The van der Waals surface area contributed by atoms with Gasteiger partial charge < -0.3 is 15.0 Å². The van der Waals surface area contributed by atoms with Gasteiger partial charge in [0.2, 0.25) is 5.91 Å². The fourth-order valence-corrected chi connectivity index (χ4v) is 3.17. The number of nitrogens with one attached hydrogen (secondary N) is 1. The van der Waals surface area contributed by atoms with Crippen LogP contribution in [0.2, 0.25) is 0 Å². The summed E-state index contributed by atoms with van der Waals surface area (Å²) in [4.78, 5) is 27.3. The van der Waals surface area contributed by atoms with Crippen LogP contribution in [0.5, 0.6) is 5.75 Å². The molecule has 0 aliphatic heterocycles. The normalized spacial score (nSPS) is 11.8. The highest BCUT2D eigenvalue weighted by molar-refractivity contribution is 5.88. The van der Waals surface area contributed by atoms with Gasteiger partial charge in [-0.2, -0.15) is 0 Å². The van der Waals surface area contributed by atoms with E-state index in [2.05, 4.69) is 11.4 Å². The number of aryl methyl sites for hydroxylation is 3. The van der Waals surface area contributed by atoms with Crippen LogP contribution >= 0.6 is 0 Å². The molecule has 0 aliphatic carbocycles. The van der Waals surface area contributed by atoms with E-state index in [0.29, 0.717) is 24.8 Å². The van der Waals surface area contributed by atoms with Crippen LogP contribution in [-0.2, 0) is 16.1 Å². The van der Waals surface area contributed by atoms with Gasteiger partial charge in [-0.3, -0.25) is 9.59 Å². The molecule has 0 saturated carbocycles. The quantitative estimate of drug-likeness (QED) is 0.675. The first-order valence-corrected chi connectivity index (χ1v) is 10.5. The van der Waals surface area contributed by atoms with Crippen LogP contribution in [0.25, 0.3) is 0 Å². The monoisotopic (exact) mass is 410 g/mol. The van der Waals surface area contributed by atoms with Gasteiger partial charge in [0.05, 0.1) is 0 Å². The van der Waals surface area contributed by atoms with E-state index >= 15 is 0 Å². The molecule has 0 heterocycles. The first-order valence-electron chi connectivity index (χ1n) is 10.5. The van der Waals surface area contributed by atoms with Crippen LogP contribution in [0, 0.1) is 26.7 Å². The summed E-state index contributed by atoms with van der Waals surface area (Å²) in [6.07, 6.45) is 0. The van der Waals surface area contributed by atoms with Gasteiger partial charge in [0.15, 0.2) is 6.61 Å². The molecule has 2 amide bonds. The summed E-state index contributed by atoms with van der Waals surface area (Å²) in [6.45, 7) is 12.7. The first-order chi connectivity index (χ1) is 14.2. The predicted molar refractivity (Wildman–Crippen MR) is 120 cm³/mol. The number of carbonyl (C=O) groups excluding carboxylic acids is 2. The Morgan fingerprint density at radius 3 is 2.10 bits per heavy atom. The molecule has 2 aromatic carbocycles. The van der Waals surface area contributed by atoms with E-state index in [-0.39, 0.29) is 18.4 Å². The van der Waals surface area contributed by atoms with Crippen LogP contribution in [0.15, 0.2) is 42.5 Å². The fraction of sp³-hybridized carbons (Fsp3) is 0.440. The average Bonchev–Trinajstić information content (AvgIpc) is 2.68. The van der Waals surface area contributed by atoms with Crippen LogP contribution in [0.1, 0.15) is 43.0 Å². The summed E-state index contributed by atoms with van der Waals surface area (Å²) in [7, 11) is 0.